The van der Waals surface area contributed by atoms with Gasteiger partial charge in [-0.15, -0.1) is 0 Å². The van der Waals surface area contributed by atoms with Crippen molar-refractivity contribution >= 4 is 11.9 Å². The summed E-state index contributed by atoms with van der Waals surface area (Å²) in [5, 5.41) is 16.6. The maximum absolute atomic E-state index is 10.1. The molecule has 0 aromatic carbocycles. The summed E-state index contributed by atoms with van der Waals surface area (Å²) < 4.78 is 0. The summed E-state index contributed by atoms with van der Waals surface area (Å²) in [6, 6.07) is 0. The third-order valence-corrected chi connectivity index (χ3v) is 1.60. The molecule has 0 rings (SSSR count). The normalized spacial score (nSPS) is 9.85. The van der Waals surface area contributed by atoms with Gasteiger partial charge in [-0.3, -0.25) is 9.59 Å². The molecule has 0 aliphatic rings. The van der Waals surface area contributed by atoms with Crippen LogP contribution < -0.4 is 0 Å². The summed E-state index contributed by atoms with van der Waals surface area (Å²) in [5.41, 5.74) is 0. The molecule has 0 unspecified atom stereocenters. The van der Waals surface area contributed by atoms with E-state index < -0.39 is 11.9 Å². The van der Waals surface area contributed by atoms with Crippen molar-refractivity contribution in [2.45, 2.75) is 38.5 Å². The molecule has 0 atom stereocenters. The Bertz CT molecular complexity index is 147. The minimum absolute atomic E-state index is 0.190. The number of carboxylic acids is 2. The van der Waals surface area contributed by atoms with Gasteiger partial charge in [0.05, 0.1) is 0 Å². The predicted octanol–water partition coefficient (Wildman–Crippen LogP) is 1.70. The van der Waals surface area contributed by atoms with Crippen LogP contribution in [-0.2, 0) is 9.59 Å². The molecule has 2 N–H and O–H groups in total. The lowest BCUT2D eigenvalue weighted by atomic mass is 10.1. The molecule has 0 bridgehead atoms. The molecule has 13 heavy (non-hydrogen) atoms. The van der Waals surface area contributed by atoms with E-state index in [1.54, 1.807) is 0 Å². The van der Waals surface area contributed by atoms with Crippen LogP contribution in [0.15, 0.2) is 0 Å². The summed E-state index contributed by atoms with van der Waals surface area (Å²) in [4.78, 5) is 20.2. The topological polar surface area (TPSA) is 74.6 Å². The second kappa shape index (κ2) is 7.58. The monoisotopic (exact) mass is 187 g/mol. The third-order valence-electron chi connectivity index (χ3n) is 1.60. The van der Waals surface area contributed by atoms with Gasteiger partial charge in [0.2, 0.25) is 0 Å². The average Bonchev–Trinajstić information content (AvgIpc) is 2.01. The van der Waals surface area contributed by atoms with Crippen LogP contribution in [0.5, 0.6) is 0 Å². The van der Waals surface area contributed by atoms with E-state index in [4.69, 9.17) is 10.2 Å². The first-order valence-electron chi connectivity index (χ1n) is 4.38. The highest BCUT2D eigenvalue weighted by molar-refractivity contribution is 5.66. The smallest absolute Gasteiger partial charge is 0.303 e. The molecular formula is C9H15O4. The van der Waals surface area contributed by atoms with Crippen molar-refractivity contribution in [3.8, 4) is 0 Å². The first-order valence-corrected chi connectivity index (χ1v) is 4.38. The SMILES string of the molecule is O=C(O)CCC[CH]CCCC(=O)O. The fourth-order valence-electron chi connectivity index (χ4n) is 0.940. The second-order valence-corrected chi connectivity index (χ2v) is 2.86. The number of hydrogen-bond donors (Lipinski definition) is 2. The highest BCUT2D eigenvalue weighted by Crippen LogP contribution is 2.05. The van der Waals surface area contributed by atoms with Gasteiger partial charge in [0, 0.05) is 12.8 Å². The molecule has 0 saturated heterocycles. The number of hydrogen-bond acceptors (Lipinski definition) is 2. The van der Waals surface area contributed by atoms with E-state index >= 15 is 0 Å². The van der Waals surface area contributed by atoms with Gasteiger partial charge in [-0.1, -0.05) is 0 Å². The molecular weight excluding hydrogens is 172 g/mol. The molecule has 0 aromatic rings. The molecule has 4 nitrogen and oxygen atoms in total. The predicted molar refractivity (Wildman–Crippen MR) is 47.3 cm³/mol. The minimum Gasteiger partial charge on any atom is -0.481 e. The zero-order valence-corrected chi connectivity index (χ0v) is 7.53. The Morgan fingerprint density at radius 2 is 1.31 bits per heavy atom. The molecule has 0 fully saturated rings. The lowest BCUT2D eigenvalue weighted by Crippen LogP contribution is -1.95. The van der Waals surface area contributed by atoms with Crippen LogP contribution in [0.4, 0.5) is 0 Å². The van der Waals surface area contributed by atoms with E-state index in [2.05, 4.69) is 0 Å². The van der Waals surface area contributed by atoms with Crippen LogP contribution >= 0.6 is 0 Å². The Hall–Kier alpha value is -1.06. The van der Waals surface area contributed by atoms with Crippen LogP contribution in [-0.4, -0.2) is 22.2 Å². The molecule has 0 aliphatic heterocycles. The average molecular weight is 187 g/mol. The van der Waals surface area contributed by atoms with Gasteiger partial charge in [-0.25, -0.2) is 0 Å². The molecule has 1 radical (unpaired) electrons. The Labute approximate surface area is 77.6 Å². The second-order valence-electron chi connectivity index (χ2n) is 2.86. The lowest BCUT2D eigenvalue weighted by Gasteiger charge is -1.97. The fourth-order valence-corrected chi connectivity index (χ4v) is 0.940. The van der Waals surface area contributed by atoms with E-state index in [1.807, 2.05) is 6.42 Å². The van der Waals surface area contributed by atoms with Crippen LogP contribution in [0.2, 0.25) is 0 Å². The minimum atomic E-state index is -0.779. The van der Waals surface area contributed by atoms with Crippen LogP contribution in [0.1, 0.15) is 38.5 Å². The molecule has 0 saturated carbocycles. The van der Waals surface area contributed by atoms with Gasteiger partial charge < -0.3 is 10.2 Å². The summed E-state index contributed by atoms with van der Waals surface area (Å²) in [5.74, 6) is -1.56. The largest absolute Gasteiger partial charge is 0.481 e. The summed E-state index contributed by atoms with van der Waals surface area (Å²) in [6.07, 6.45) is 5.12. The zero-order valence-electron chi connectivity index (χ0n) is 7.53. The van der Waals surface area contributed by atoms with Gasteiger partial charge in [0.25, 0.3) is 0 Å². The Balaban J connectivity index is 3.00. The van der Waals surface area contributed by atoms with E-state index in [9.17, 15) is 9.59 Å². The molecule has 75 valence electrons. The summed E-state index contributed by atoms with van der Waals surface area (Å²) >= 11 is 0. The number of unbranched alkanes of at least 4 members (excludes halogenated alkanes) is 4. The molecule has 4 heteroatoms. The van der Waals surface area contributed by atoms with Crippen molar-refractivity contribution in [2.75, 3.05) is 0 Å². The number of carboxylic acid groups (broad SMARTS) is 2. The molecule has 0 aromatic heterocycles. The van der Waals surface area contributed by atoms with Crippen molar-refractivity contribution in [2.24, 2.45) is 0 Å². The Morgan fingerprint density at radius 3 is 1.62 bits per heavy atom. The first kappa shape index (κ1) is 11.9. The highest BCUT2D eigenvalue weighted by Gasteiger charge is 1.98. The van der Waals surface area contributed by atoms with Gasteiger partial charge >= 0.3 is 11.9 Å². The van der Waals surface area contributed by atoms with Crippen LogP contribution in [0.25, 0.3) is 0 Å². The Kier molecular flexibility index (Phi) is 6.96. The van der Waals surface area contributed by atoms with Crippen LogP contribution in [0, 0.1) is 6.42 Å². The van der Waals surface area contributed by atoms with Crippen molar-refractivity contribution in [1.29, 1.82) is 0 Å². The van der Waals surface area contributed by atoms with Crippen molar-refractivity contribution < 1.29 is 19.8 Å². The van der Waals surface area contributed by atoms with E-state index in [-0.39, 0.29) is 12.8 Å². The molecule has 0 aliphatic carbocycles. The van der Waals surface area contributed by atoms with Gasteiger partial charge in [0.1, 0.15) is 0 Å². The van der Waals surface area contributed by atoms with Gasteiger partial charge in [-0.2, -0.15) is 0 Å². The van der Waals surface area contributed by atoms with Crippen LogP contribution in [0.3, 0.4) is 0 Å². The molecule has 0 heterocycles. The maximum Gasteiger partial charge on any atom is 0.303 e. The number of rotatable bonds is 8. The molecule has 0 amide bonds. The zero-order chi connectivity index (χ0) is 10.1. The van der Waals surface area contributed by atoms with Crippen molar-refractivity contribution in [1.82, 2.24) is 0 Å². The quantitative estimate of drug-likeness (QED) is 0.567. The van der Waals surface area contributed by atoms with Crippen molar-refractivity contribution in [3.63, 3.8) is 0 Å². The standard InChI is InChI=1S/C9H15O4/c10-8(11)6-4-2-1-3-5-7-9(12)13/h1H,2-7H2,(H,10,11)(H,12,13). The molecule has 0 spiro atoms. The Morgan fingerprint density at radius 1 is 0.923 bits per heavy atom. The third kappa shape index (κ3) is 10.9. The van der Waals surface area contributed by atoms with Crippen molar-refractivity contribution in [3.05, 3.63) is 6.42 Å². The highest BCUT2D eigenvalue weighted by atomic mass is 16.4. The first-order chi connectivity index (χ1) is 6.13. The summed E-state index contributed by atoms with van der Waals surface area (Å²) in [6.45, 7) is 0. The van der Waals surface area contributed by atoms with E-state index in [1.165, 1.54) is 0 Å². The van der Waals surface area contributed by atoms with E-state index in [0.29, 0.717) is 12.8 Å². The summed E-state index contributed by atoms with van der Waals surface area (Å²) in [7, 11) is 0. The lowest BCUT2D eigenvalue weighted by molar-refractivity contribution is -0.138. The fraction of sp³-hybridized carbons (Fsp3) is 0.667. The van der Waals surface area contributed by atoms with E-state index in [0.717, 1.165) is 12.8 Å². The van der Waals surface area contributed by atoms with Gasteiger partial charge in [0.15, 0.2) is 0 Å². The van der Waals surface area contributed by atoms with Gasteiger partial charge in [-0.05, 0) is 32.1 Å². The number of aliphatic carboxylic acids is 2. The number of carbonyl (C=O) groups is 2. The maximum atomic E-state index is 10.1.